The number of anilines is 1. The molecule has 0 aromatic heterocycles. The van der Waals surface area contributed by atoms with Crippen LogP contribution in [0.25, 0.3) is 0 Å². The Morgan fingerprint density at radius 3 is 2.57 bits per heavy atom. The van der Waals surface area contributed by atoms with Crippen molar-refractivity contribution in [2.45, 2.75) is 26.5 Å². The molecule has 0 aliphatic rings. The quantitative estimate of drug-likeness (QED) is 0.143. The van der Waals surface area contributed by atoms with Crippen LogP contribution in [0.15, 0.2) is 76.4 Å². The van der Waals surface area contributed by atoms with E-state index in [1.54, 1.807) is 18.2 Å². The maximum Gasteiger partial charge on any atom is 0.292 e. The fraction of sp³-hybridized carbons (Fsp3) is 0.273. The number of benzene rings is 2. The number of nitro benzene ring substituents is 1. The number of para-hydroxylation sites is 2. The number of nitro groups is 1. The van der Waals surface area contributed by atoms with Gasteiger partial charge in [0, 0.05) is 6.07 Å². The predicted molar refractivity (Wildman–Crippen MR) is 123 cm³/mol. The van der Waals surface area contributed by atoms with Crippen LogP contribution in [0.1, 0.15) is 19.4 Å². The van der Waals surface area contributed by atoms with E-state index in [2.05, 4.69) is 40.9 Å². The average molecular weight is 492 g/mol. The Bertz CT molecular complexity index is 822. The smallest absolute Gasteiger partial charge is 0.292 e. The number of halogens is 1. The number of nitrogens with zero attached hydrogens (tertiary/aromatic N) is 1. The maximum absolute atomic E-state index is 11.3. The summed E-state index contributed by atoms with van der Waals surface area (Å²) >= 11 is 2.19. The summed E-state index contributed by atoms with van der Waals surface area (Å²) < 4.78 is 7.73. The zero-order chi connectivity index (χ0) is 20.4. The molecule has 0 bridgehead atoms. The molecule has 2 aromatic carbocycles. The number of hydrogen-bond donors (Lipinski definition) is 1. The van der Waals surface area contributed by atoms with Crippen molar-refractivity contribution >= 4 is 34.0 Å². The van der Waals surface area contributed by atoms with Crippen molar-refractivity contribution in [3.63, 3.8) is 0 Å². The second kappa shape index (κ2) is 11.6. The maximum atomic E-state index is 11.3. The summed E-state index contributed by atoms with van der Waals surface area (Å²) in [7, 11) is 0. The predicted octanol–water partition coefficient (Wildman–Crippen LogP) is 6.12. The van der Waals surface area contributed by atoms with E-state index in [9.17, 15) is 10.1 Å². The first-order valence-electron chi connectivity index (χ1n) is 9.08. The summed E-state index contributed by atoms with van der Waals surface area (Å²) in [4.78, 5) is 11.0. The molecule has 0 amide bonds. The Labute approximate surface area is 179 Å². The third kappa shape index (κ3) is 6.76. The number of ether oxygens (including phenoxy) is 1. The Kier molecular flexibility index (Phi) is 9.16. The highest BCUT2D eigenvalue weighted by Crippen LogP contribution is 2.27. The lowest BCUT2D eigenvalue weighted by atomic mass is 9.94. The molecule has 6 heteroatoms. The molecule has 0 aliphatic heterocycles. The van der Waals surface area contributed by atoms with Crippen LogP contribution in [0, 0.1) is 16.0 Å². The molecule has 0 spiro atoms. The Balaban J connectivity index is 2.10. The van der Waals surface area contributed by atoms with E-state index in [0.29, 0.717) is 18.9 Å². The molecule has 5 nitrogen and oxygen atoms in total. The van der Waals surface area contributed by atoms with Crippen LogP contribution in [0.2, 0.25) is 0 Å². The lowest BCUT2D eigenvalue weighted by Gasteiger charge is -2.25. The molecular weight excluding hydrogens is 467 g/mol. The summed E-state index contributed by atoms with van der Waals surface area (Å²) in [6, 6.07) is 16.7. The van der Waals surface area contributed by atoms with Crippen LogP contribution in [0.5, 0.6) is 0 Å². The van der Waals surface area contributed by atoms with Gasteiger partial charge in [0.1, 0.15) is 5.69 Å². The van der Waals surface area contributed by atoms with E-state index in [1.807, 2.05) is 47.4 Å². The minimum atomic E-state index is -0.361. The third-order valence-electron chi connectivity index (χ3n) is 4.44. The van der Waals surface area contributed by atoms with Gasteiger partial charge in [-0.3, -0.25) is 10.1 Å². The van der Waals surface area contributed by atoms with Crippen molar-refractivity contribution < 1.29 is 9.66 Å². The van der Waals surface area contributed by atoms with Gasteiger partial charge in [-0.1, -0.05) is 89.7 Å². The van der Waals surface area contributed by atoms with Crippen molar-refractivity contribution in [2.24, 2.45) is 5.92 Å². The highest BCUT2D eigenvalue weighted by atomic mass is 127. The van der Waals surface area contributed by atoms with Crippen LogP contribution in [-0.4, -0.2) is 17.6 Å². The van der Waals surface area contributed by atoms with E-state index in [4.69, 9.17) is 4.74 Å². The molecule has 0 unspecified atom stereocenters. The largest absolute Gasteiger partial charge is 0.373 e. The molecule has 1 N–H and O–H groups in total. The zero-order valence-electron chi connectivity index (χ0n) is 16.0. The Morgan fingerprint density at radius 2 is 1.89 bits per heavy atom. The molecule has 2 rings (SSSR count). The van der Waals surface area contributed by atoms with E-state index in [0.717, 1.165) is 11.1 Å². The number of nitrogens with one attached hydrogen (secondary N) is 1. The van der Waals surface area contributed by atoms with Gasteiger partial charge >= 0.3 is 0 Å². The van der Waals surface area contributed by atoms with E-state index in [1.165, 1.54) is 6.07 Å². The highest BCUT2D eigenvalue weighted by molar-refractivity contribution is 14.1. The molecule has 0 radical (unpaired) electrons. The minimum Gasteiger partial charge on any atom is -0.373 e. The van der Waals surface area contributed by atoms with Crippen LogP contribution in [0.4, 0.5) is 11.4 Å². The first-order chi connectivity index (χ1) is 13.5. The normalized spacial score (nSPS) is 14.0. The van der Waals surface area contributed by atoms with E-state index >= 15 is 0 Å². The van der Waals surface area contributed by atoms with Crippen LogP contribution < -0.4 is 5.32 Å². The topological polar surface area (TPSA) is 64.4 Å². The minimum absolute atomic E-state index is 0.0753. The first kappa shape index (κ1) is 22.1. The fourth-order valence-corrected chi connectivity index (χ4v) is 3.53. The molecule has 0 saturated carbocycles. The molecule has 0 fully saturated rings. The molecule has 0 heterocycles. The number of rotatable bonds is 10. The van der Waals surface area contributed by atoms with Gasteiger partial charge in [0.15, 0.2) is 0 Å². The second-order valence-electron chi connectivity index (χ2n) is 6.52. The summed E-state index contributed by atoms with van der Waals surface area (Å²) in [5.74, 6) is 0.155. The molecule has 148 valence electrons. The molecular formula is C22H25IN2O3. The van der Waals surface area contributed by atoms with E-state index < -0.39 is 0 Å². The van der Waals surface area contributed by atoms with Gasteiger partial charge in [-0.25, -0.2) is 0 Å². The van der Waals surface area contributed by atoms with Crippen molar-refractivity contribution in [1.82, 2.24) is 0 Å². The third-order valence-corrected chi connectivity index (χ3v) is 4.85. The summed E-state index contributed by atoms with van der Waals surface area (Å²) in [5, 5.41) is 14.7. The van der Waals surface area contributed by atoms with E-state index in [-0.39, 0.29) is 22.6 Å². The first-order valence-corrected chi connectivity index (χ1v) is 10.3. The van der Waals surface area contributed by atoms with Crippen molar-refractivity contribution in [1.29, 1.82) is 0 Å². The molecule has 2 atom stereocenters. The highest BCUT2D eigenvalue weighted by Gasteiger charge is 2.21. The lowest BCUT2D eigenvalue weighted by molar-refractivity contribution is -0.384. The Morgan fingerprint density at radius 1 is 1.21 bits per heavy atom. The summed E-state index contributed by atoms with van der Waals surface area (Å²) in [5.41, 5.74) is 2.80. The van der Waals surface area contributed by atoms with Gasteiger partial charge in [-0.05, 0) is 28.6 Å². The fourth-order valence-electron chi connectivity index (χ4n) is 2.88. The van der Waals surface area contributed by atoms with Crippen molar-refractivity contribution in [3.05, 3.63) is 92.1 Å². The van der Waals surface area contributed by atoms with Gasteiger partial charge in [-0.15, -0.1) is 0 Å². The monoisotopic (exact) mass is 492 g/mol. The summed E-state index contributed by atoms with van der Waals surface area (Å²) in [6.45, 7) is 5.14. The second-order valence-corrected chi connectivity index (χ2v) is 7.24. The molecule has 0 saturated heterocycles. The van der Waals surface area contributed by atoms with Crippen molar-refractivity contribution in [2.75, 3.05) is 11.9 Å². The molecule has 0 aliphatic carbocycles. The molecule has 2 aromatic rings. The zero-order valence-corrected chi connectivity index (χ0v) is 18.2. The average Bonchev–Trinajstić information content (AvgIpc) is 2.70. The van der Waals surface area contributed by atoms with Gasteiger partial charge < -0.3 is 10.1 Å². The van der Waals surface area contributed by atoms with Crippen LogP contribution in [-0.2, 0) is 11.3 Å². The summed E-state index contributed by atoms with van der Waals surface area (Å²) in [6.07, 6.45) is 4.11. The van der Waals surface area contributed by atoms with Gasteiger partial charge in [0.25, 0.3) is 5.69 Å². The Hall–Kier alpha value is -2.19. The van der Waals surface area contributed by atoms with Crippen LogP contribution in [0.3, 0.4) is 0 Å². The van der Waals surface area contributed by atoms with Gasteiger partial charge in [0.05, 0.1) is 24.2 Å². The number of hydrogen-bond acceptors (Lipinski definition) is 4. The standard InChI is InChI=1S/C22H25IN2O3/c1-17(12-14-23)22(24-20-10-6-7-11-21(20)25(26)27)18(2)13-15-28-16-19-8-4-3-5-9-19/h3-14,17,22,24H,15-16H2,1-2H3/t17-,22-/m0/s1. The van der Waals surface area contributed by atoms with Gasteiger partial charge in [-0.2, -0.15) is 0 Å². The molecule has 28 heavy (non-hydrogen) atoms. The van der Waals surface area contributed by atoms with Crippen LogP contribution >= 0.6 is 22.6 Å². The SMILES string of the molecule is CC(=CCOCc1ccccc1)[C@@H](Nc1ccccc1[N+](=O)[O-])[C@@H](C)C=CI. The van der Waals surface area contributed by atoms with Gasteiger partial charge in [0.2, 0.25) is 0 Å². The lowest BCUT2D eigenvalue weighted by Crippen LogP contribution is -2.28. The van der Waals surface area contributed by atoms with Crippen molar-refractivity contribution in [3.8, 4) is 0 Å².